The number of benzene rings is 4. The lowest BCUT2D eigenvalue weighted by molar-refractivity contribution is -0.131. The molecule has 0 aliphatic carbocycles. The summed E-state index contributed by atoms with van der Waals surface area (Å²) in [4.78, 5) is 36.4. The number of hydrogen-bond acceptors (Lipinski definition) is 9. The maximum Gasteiger partial charge on any atom is 0.308 e. The first-order chi connectivity index (χ1) is 19.4. The zero-order chi connectivity index (χ0) is 29.9. The van der Waals surface area contributed by atoms with Gasteiger partial charge < -0.3 is 15.4 Å². The van der Waals surface area contributed by atoms with Crippen molar-refractivity contribution in [3.8, 4) is 5.75 Å². The molecule has 0 heterocycles. The molecule has 0 radical (unpaired) electrons. The van der Waals surface area contributed by atoms with Gasteiger partial charge in [-0.3, -0.25) is 24.1 Å². The van der Waals surface area contributed by atoms with Crippen molar-refractivity contribution in [2.75, 3.05) is 24.0 Å². The zero-order valence-electron chi connectivity index (χ0n) is 22.4. The van der Waals surface area contributed by atoms with Crippen molar-refractivity contribution in [1.29, 1.82) is 0 Å². The highest BCUT2D eigenvalue weighted by molar-refractivity contribution is 7.85. The second kappa shape index (κ2) is 12.1. The lowest BCUT2D eigenvalue weighted by Crippen LogP contribution is -2.54. The summed E-state index contributed by atoms with van der Waals surface area (Å²) in [7, 11) is -4.66. The van der Waals surface area contributed by atoms with E-state index in [-0.39, 0.29) is 30.4 Å². The van der Waals surface area contributed by atoms with Crippen molar-refractivity contribution < 1.29 is 37.3 Å². The molecule has 1 unspecified atom stereocenters. The van der Waals surface area contributed by atoms with Crippen LogP contribution in [-0.4, -0.2) is 60.8 Å². The first-order valence-electron chi connectivity index (χ1n) is 12.7. The Bertz CT molecular complexity index is 1740. The van der Waals surface area contributed by atoms with E-state index in [0.29, 0.717) is 33.3 Å². The maximum absolute atomic E-state index is 12.9. The van der Waals surface area contributed by atoms with Crippen LogP contribution in [-0.2, 0) is 24.5 Å². The number of rotatable bonds is 12. The molecule has 0 bridgehead atoms. The van der Waals surface area contributed by atoms with E-state index in [1.54, 1.807) is 19.1 Å². The van der Waals surface area contributed by atoms with Gasteiger partial charge in [-0.15, -0.1) is 0 Å². The van der Waals surface area contributed by atoms with Gasteiger partial charge >= 0.3 is 5.97 Å². The molecule has 0 saturated heterocycles. The Morgan fingerprint density at radius 3 is 2.22 bits per heavy atom. The Labute approximate surface area is 235 Å². The maximum atomic E-state index is 12.9. The van der Waals surface area contributed by atoms with Crippen LogP contribution >= 0.6 is 0 Å². The zero-order valence-corrected chi connectivity index (χ0v) is 23.2. The van der Waals surface area contributed by atoms with E-state index in [2.05, 4.69) is 22.6 Å². The minimum atomic E-state index is -4.66. The minimum Gasteiger partial charge on any atom is -0.426 e. The van der Waals surface area contributed by atoms with E-state index in [1.807, 2.05) is 30.3 Å². The molecule has 5 N–H and O–H groups in total. The van der Waals surface area contributed by atoms with E-state index < -0.39 is 33.8 Å². The smallest absolute Gasteiger partial charge is 0.308 e. The Morgan fingerprint density at radius 2 is 1.61 bits per heavy atom. The molecule has 4 rings (SSSR count). The summed E-state index contributed by atoms with van der Waals surface area (Å²) < 4.78 is 38.4. The SMILES string of the molecule is C=C(C)C(=O)NCCCNC(=O)C(CS(=O)(=O)O)NN(O)c1cc(OC(C)=O)c2ccc3cccc4ccc1c2c34. The molecule has 4 aromatic carbocycles. The van der Waals surface area contributed by atoms with Crippen LogP contribution in [0, 0.1) is 0 Å². The first kappa shape index (κ1) is 29.7. The third-order valence-electron chi connectivity index (χ3n) is 6.37. The molecule has 4 aromatic rings. The van der Waals surface area contributed by atoms with Gasteiger partial charge in [0, 0.05) is 47.8 Å². The van der Waals surface area contributed by atoms with Gasteiger partial charge in [0.15, 0.2) is 0 Å². The van der Waals surface area contributed by atoms with Crippen LogP contribution in [0.2, 0.25) is 0 Å². The molecule has 0 aliphatic rings. The number of hydrazine groups is 1. The second-order valence-electron chi connectivity index (χ2n) is 9.59. The predicted octanol–water partition coefficient (Wildman–Crippen LogP) is 2.66. The van der Waals surface area contributed by atoms with Gasteiger partial charge in [0.05, 0.1) is 5.69 Å². The number of nitrogens with zero attached hydrogens (tertiary/aromatic N) is 1. The molecule has 41 heavy (non-hydrogen) atoms. The van der Waals surface area contributed by atoms with E-state index in [0.717, 1.165) is 16.2 Å². The summed E-state index contributed by atoms with van der Waals surface area (Å²) in [6.45, 7) is 6.63. The lowest BCUT2D eigenvalue weighted by Gasteiger charge is -2.26. The van der Waals surface area contributed by atoms with Crippen LogP contribution in [0.1, 0.15) is 20.3 Å². The second-order valence-corrected chi connectivity index (χ2v) is 11.1. The largest absolute Gasteiger partial charge is 0.426 e. The molecular formula is C28H30N4O8S. The monoisotopic (exact) mass is 582 g/mol. The lowest BCUT2D eigenvalue weighted by atomic mass is 9.93. The highest BCUT2D eigenvalue weighted by Crippen LogP contribution is 2.43. The standard InChI is InChI=1S/C28H30N4O8S/c1-16(2)27(34)29-12-5-13-30-28(35)22(15-41(37,38)39)31-32(36)23-14-24(40-17(3)33)21-11-9-19-7-4-6-18-8-10-20(23)26(21)25(18)19/h4,6-11,14,22,31,36H,1,5,12-13,15H2,2-3H3,(H,29,34)(H,30,35)(H,37,38,39). The Kier molecular flexibility index (Phi) is 8.73. The van der Waals surface area contributed by atoms with Gasteiger partial charge in [-0.25, -0.2) is 0 Å². The minimum absolute atomic E-state index is 0.0692. The number of esters is 1. The summed E-state index contributed by atoms with van der Waals surface area (Å²) >= 11 is 0. The molecule has 0 aromatic heterocycles. The first-order valence-corrected chi connectivity index (χ1v) is 14.3. The highest BCUT2D eigenvalue weighted by Gasteiger charge is 2.28. The molecule has 0 saturated carbocycles. The molecule has 0 spiro atoms. The van der Waals surface area contributed by atoms with Gasteiger partial charge in [-0.1, -0.05) is 43.0 Å². The van der Waals surface area contributed by atoms with E-state index >= 15 is 0 Å². The van der Waals surface area contributed by atoms with Crippen molar-refractivity contribution in [1.82, 2.24) is 16.1 Å². The third kappa shape index (κ3) is 6.89. The van der Waals surface area contributed by atoms with Crippen LogP contribution in [0.4, 0.5) is 5.69 Å². The average Bonchev–Trinajstić information content (AvgIpc) is 2.90. The normalized spacial score (nSPS) is 12.4. The summed E-state index contributed by atoms with van der Waals surface area (Å²) in [5.41, 5.74) is 2.84. The Balaban J connectivity index is 1.65. The fraction of sp³-hybridized carbons (Fsp3) is 0.250. The van der Waals surface area contributed by atoms with Gasteiger partial charge in [0.25, 0.3) is 10.1 Å². The average molecular weight is 583 g/mol. The molecule has 12 nitrogen and oxygen atoms in total. The Morgan fingerprint density at radius 1 is 0.976 bits per heavy atom. The van der Waals surface area contributed by atoms with Gasteiger partial charge in [0.2, 0.25) is 11.8 Å². The number of ether oxygens (including phenoxy) is 1. The quantitative estimate of drug-likeness (QED) is 0.0318. The number of carbonyl (C=O) groups excluding carboxylic acids is 3. The van der Waals surface area contributed by atoms with Crippen LogP contribution in [0.25, 0.3) is 32.3 Å². The van der Waals surface area contributed by atoms with Gasteiger partial charge in [-0.2, -0.15) is 19.0 Å². The molecule has 2 amide bonds. The molecular weight excluding hydrogens is 552 g/mol. The summed E-state index contributed by atoms with van der Waals surface area (Å²) in [6.07, 6.45) is 0.326. The fourth-order valence-corrected chi connectivity index (χ4v) is 5.22. The van der Waals surface area contributed by atoms with Crippen molar-refractivity contribution in [2.24, 2.45) is 0 Å². The summed E-state index contributed by atoms with van der Waals surface area (Å²) in [6, 6.07) is 12.8. The van der Waals surface area contributed by atoms with Crippen molar-refractivity contribution >= 4 is 65.9 Å². The van der Waals surface area contributed by atoms with E-state index in [1.165, 1.54) is 13.0 Å². The van der Waals surface area contributed by atoms with Crippen LogP contribution in [0.3, 0.4) is 0 Å². The van der Waals surface area contributed by atoms with Crippen LogP contribution in [0.5, 0.6) is 5.75 Å². The van der Waals surface area contributed by atoms with Crippen LogP contribution in [0.15, 0.2) is 60.7 Å². The molecule has 216 valence electrons. The van der Waals surface area contributed by atoms with Gasteiger partial charge in [-0.05, 0) is 35.6 Å². The van der Waals surface area contributed by atoms with Crippen molar-refractivity contribution in [3.05, 3.63) is 60.7 Å². The predicted molar refractivity (Wildman–Crippen MR) is 155 cm³/mol. The summed E-state index contributed by atoms with van der Waals surface area (Å²) in [5.74, 6) is -2.66. The molecule has 0 fully saturated rings. The van der Waals surface area contributed by atoms with Crippen molar-refractivity contribution in [3.63, 3.8) is 0 Å². The summed E-state index contributed by atoms with van der Waals surface area (Å²) in [5, 5.41) is 21.2. The third-order valence-corrected chi connectivity index (χ3v) is 7.12. The van der Waals surface area contributed by atoms with E-state index in [9.17, 15) is 32.6 Å². The van der Waals surface area contributed by atoms with E-state index in [4.69, 9.17) is 4.74 Å². The number of amides is 2. The topological polar surface area (TPSA) is 174 Å². The Hall–Kier alpha value is -4.30. The fourth-order valence-electron chi connectivity index (χ4n) is 4.57. The van der Waals surface area contributed by atoms with Gasteiger partial charge in [0.1, 0.15) is 17.5 Å². The number of anilines is 1. The molecule has 1 atom stereocenters. The molecule has 0 aliphatic heterocycles. The number of carbonyl (C=O) groups is 3. The van der Waals surface area contributed by atoms with Crippen LogP contribution < -0.4 is 26.0 Å². The number of hydrogen-bond donors (Lipinski definition) is 5. The van der Waals surface area contributed by atoms with Crippen molar-refractivity contribution in [2.45, 2.75) is 26.3 Å². The number of nitrogens with one attached hydrogen (secondary N) is 3. The highest BCUT2D eigenvalue weighted by atomic mass is 32.2. The molecule has 13 heteroatoms.